The van der Waals surface area contributed by atoms with E-state index in [1.165, 1.54) is 64.2 Å². The summed E-state index contributed by atoms with van der Waals surface area (Å²) >= 11 is 0. The van der Waals surface area contributed by atoms with Gasteiger partial charge in [-0.2, -0.15) is 0 Å². The van der Waals surface area contributed by atoms with Crippen LogP contribution in [0.1, 0.15) is 95.6 Å². The molecule has 2 aliphatic rings. The molecule has 0 N–H and O–H groups in total. The fraction of sp³-hybridized carbons (Fsp3) is 0.692. The molecule has 0 amide bonds. The van der Waals surface area contributed by atoms with Gasteiger partial charge in [-0.3, -0.25) is 0 Å². The van der Waals surface area contributed by atoms with Crippen molar-refractivity contribution in [3.63, 3.8) is 0 Å². The number of rotatable bonds is 6. The van der Waals surface area contributed by atoms with Gasteiger partial charge < -0.3 is 0 Å². The topological polar surface area (TPSA) is 0 Å². The Morgan fingerprint density at radius 1 is 0.889 bits per heavy atom. The second kappa shape index (κ2) is 10.3. The van der Waals surface area contributed by atoms with E-state index in [0.717, 1.165) is 47.6 Å². The van der Waals surface area contributed by atoms with Crippen molar-refractivity contribution >= 4 is 0 Å². The van der Waals surface area contributed by atoms with Crippen LogP contribution >= 0.6 is 0 Å². The van der Waals surface area contributed by atoms with E-state index >= 15 is 0 Å². The molecule has 1 aromatic carbocycles. The molecule has 0 aliphatic heterocycles. The molecule has 1 aromatic rings. The number of hydrogen-bond donors (Lipinski definition) is 0. The van der Waals surface area contributed by atoms with Crippen molar-refractivity contribution in [2.24, 2.45) is 23.7 Å². The molecule has 2 fully saturated rings. The van der Waals surface area contributed by atoms with Crippen LogP contribution in [-0.2, 0) is 6.42 Å². The van der Waals surface area contributed by atoms with Gasteiger partial charge in [-0.05, 0) is 86.8 Å². The minimum Gasteiger partial charge on any atom is -0.207 e. The summed E-state index contributed by atoms with van der Waals surface area (Å²) < 4.78 is 14.3. The quantitative estimate of drug-likeness (QED) is 0.455. The van der Waals surface area contributed by atoms with Gasteiger partial charge in [-0.15, -0.1) is 5.92 Å². The molecule has 0 spiro atoms. The van der Waals surface area contributed by atoms with E-state index in [1.807, 2.05) is 12.1 Å². The maximum absolute atomic E-state index is 14.3. The van der Waals surface area contributed by atoms with Crippen molar-refractivity contribution in [2.75, 3.05) is 0 Å². The molecule has 0 nitrogen and oxygen atoms in total. The SMILES string of the molecule is CC#Cc1ccc(CCC2CCC(C3CCC(CCC)CC3)CC2)c(F)c1. The summed E-state index contributed by atoms with van der Waals surface area (Å²) in [5.41, 5.74) is 1.65. The summed E-state index contributed by atoms with van der Waals surface area (Å²) in [7, 11) is 0. The lowest BCUT2D eigenvalue weighted by atomic mass is 9.68. The average Bonchev–Trinajstić information content (AvgIpc) is 2.69. The summed E-state index contributed by atoms with van der Waals surface area (Å²) in [6.45, 7) is 4.12. The molecule has 0 bridgehead atoms. The van der Waals surface area contributed by atoms with E-state index in [0.29, 0.717) is 0 Å². The molecule has 3 rings (SSSR count). The first-order chi connectivity index (χ1) is 13.2. The minimum absolute atomic E-state index is 0.0761. The predicted molar refractivity (Wildman–Crippen MR) is 113 cm³/mol. The van der Waals surface area contributed by atoms with Gasteiger partial charge in [0.2, 0.25) is 0 Å². The first kappa shape index (κ1) is 20.4. The van der Waals surface area contributed by atoms with Crippen molar-refractivity contribution in [1.82, 2.24) is 0 Å². The minimum atomic E-state index is -0.0761. The lowest BCUT2D eigenvalue weighted by Gasteiger charge is -2.38. The Balaban J connectivity index is 1.40. The first-order valence-corrected chi connectivity index (χ1v) is 11.4. The average molecular weight is 369 g/mol. The number of aryl methyl sites for hydroxylation is 1. The predicted octanol–water partition coefficient (Wildman–Crippen LogP) is 7.54. The zero-order valence-electron chi connectivity index (χ0n) is 17.4. The molecule has 0 heterocycles. The molecule has 0 radical (unpaired) electrons. The Kier molecular flexibility index (Phi) is 7.81. The van der Waals surface area contributed by atoms with Crippen molar-refractivity contribution in [1.29, 1.82) is 0 Å². The lowest BCUT2D eigenvalue weighted by Crippen LogP contribution is -2.26. The molecule has 1 heteroatoms. The van der Waals surface area contributed by atoms with Crippen LogP contribution in [0.3, 0.4) is 0 Å². The number of benzene rings is 1. The molecule has 0 atom stereocenters. The van der Waals surface area contributed by atoms with E-state index in [-0.39, 0.29) is 5.82 Å². The zero-order valence-corrected chi connectivity index (χ0v) is 17.4. The van der Waals surface area contributed by atoms with Gasteiger partial charge in [-0.1, -0.05) is 57.4 Å². The van der Waals surface area contributed by atoms with Crippen LogP contribution in [0.2, 0.25) is 0 Å². The fourth-order valence-corrected chi connectivity index (χ4v) is 5.64. The zero-order chi connectivity index (χ0) is 19.1. The van der Waals surface area contributed by atoms with Crippen LogP contribution < -0.4 is 0 Å². The molecule has 0 saturated heterocycles. The highest BCUT2D eigenvalue weighted by Crippen LogP contribution is 2.42. The Labute approximate surface area is 166 Å². The Morgan fingerprint density at radius 2 is 1.48 bits per heavy atom. The van der Waals surface area contributed by atoms with E-state index in [1.54, 1.807) is 13.0 Å². The molecule has 27 heavy (non-hydrogen) atoms. The summed E-state index contributed by atoms with van der Waals surface area (Å²) in [6, 6.07) is 5.49. The molecular weight excluding hydrogens is 331 g/mol. The van der Waals surface area contributed by atoms with Gasteiger partial charge in [0.1, 0.15) is 5.82 Å². The van der Waals surface area contributed by atoms with Crippen LogP contribution in [0.4, 0.5) is 4.39 Å². The summed E-state index contributed by atoms with van der Waals surface area (Å²) in [5.74, 6) is 9.50. The van der Waals surface area contributed by atoms with Crippen molar-refractivity contribution in [2.45, 2.75) is 90.9 Å². The number of halogens is 1. The molecule has 0 aromatic heterocycles. The van der Waals surface area contributed by atoms with Crippen LogP contribution in [0.15, 0.2) is 18.2 Å². The lowest BCUT2D eigenvalue weighted by molar-refractivity contribution is 0.141. The largest absolute Gasteiger partial charge is 0.207 e. The van der Waals surface area contributed by atoms with Gasteiger partial charge in [0.25, 0.3) is 0 Å². The molecule has 0 unspecified atom stereocenters. The highest BCUT2D eigenvalue weighted by molar-refractivity contribution is 5.36. The van der Waals surface area contributed by atoms with Crippen molar-refractivity contribution < 1.29 is 4.39 Å². The fourth-order valence-electron chi connectivity index (χ4n) is 5.64. The second-order valence-corrected chi connectivity index (χ2v) is 9.07. The Hall–Kier alpha value is -1.29. The normalized spacial score (nSPS) is 28.4. The van der Waals surface area contributed by atoms with E-state index in [4.69, 9.17) is 0 Å². The van der Waals surface area contributed by atoms with E-state index in [2.05, 4.69) is 18.8 Å². The van der Waals surface area contributed by atoms with Gasteiger partial charge >= 0.3 is 0 Å². The van der Waals surface area contributed by atoms with Crippen LogP contribution in [0, 0.1) is 41.3 Å². The molecule has 2 aliphatic carbocycles. The van der Waals surface area contributed by atoms with E-state index in [9.17, 15) is 4.39 Å². The van der Waals surface area contributed by atoms with Crippen molar-refractivity contribution in [3.05, 3.63) is 35.1 Å². The third-order valence-corrected chi connectivity index (χ3v) is 7.29. The van der Waals surface area contributed by atoms with Gasteiger partial charge in [0.15, 0.2) is 0 Å². The summed E-state index contributed by atoms with van der Waals surface area (Å²) in [5, 5.41) is 0. The third kappa shape index (κ3) is 5.84. The Morgan fingerprint density at radius 3 is 2.00 bits per heavy atom. The van der Waals surface area contributed by atoms with Gasteiger partial charge in [0.05, 0.1) is 0 Å². The van der Waals surface area contributed by atoms with E-state index < -0.39 is 0 Å². The Bertz CT molecular complexity index is 634. The summed E-state index contributed by atoms with van der Waals surface area (Å²) in [4.78, 5) is 0. The van der Waals surface area contributed by atoms with Crippen molar-refractivity contribution in [3.8, 4) is 11.8 Å². The van der Waals surface area contributed by atoms with Crippen LogP contribution in [-0.4, -0.2) is 0 Å². The third-order valence-electron chi connectivity index (χ3n) is 7.29. The second-order valence-electron chi connectivity index (χ2n) is 9.07. The highest BCUT2D eigenvalue weighted by atomic mass is 19.1. The smallest absolute Gasteiger partial charge is 0.127 e. The number of hydrogen-bond acceptors (Lipinski definition) is 0. The highest BCUT2D eigenvalue weighted by Gasteiger charge is 2.30. The first-order valence-electron chi connectivity index (χ1n) is 11.4. The summed E-state index contributed by atoms with van der Waals surface area (Å²) in [6.07, 6.45) is 16.3. The maximum atomic E-state index is 14.3. The molecule has 148 valence electrons. The van der Waals surface area contributed by atoms with Gasteiger partial charge in [0, 0.05) is 5.56 Å². The van der Waals surface area contributed by atoms with Gasteiger partial charge in [-0.25, -0.2) is 4.39 Å². The van der Waals surface area contributed by atoms with Crippen LogP contribution in [0.25, 0.3) is 0 Å². The maximum Gasteiger partial charge on any atom is 0.127 e. The van der Waals surface area contributed by atoms with Crippen LogP contribution in [0.5, 0.6) is 0 Å². The monoisotopic (exact) mass is 368 g/mol. The molecule has 2 saturated carbocycles. The molecular formula is C26H37F. The standard InChI is InChI=1S/C26H37F/c1-3-5-20-7-13-23(14-8-20)24-15-9-21(10-16-24)11-17-25-18-12-22(6-4-2)19-26(25)27/h12,18-21,23-24H,3,5,7-11,13-17H2,1-2H3.